The number of benzene rings is 1. The number of esters is 1. The molecule has 1 rings (SSSR count). The monoisotopic (exact) mass is 331 g/mol. The van der Waals surface area contributed by atoms with E-state index in [1.165, 1.54) is 25.1 Å². The number of carbonyl (C=O) groups excluding carboxylic acids is 2. The van der Waals surface area contributed by atoms with Gasteiger partial charge in [0.1, 0.15) is 5.75 Å². The van der Waals surface area contributed by atoms with Crippen molar-refractivity contribution in [3.05, 3.63) is 35.9 Å². The molecule has 1 unspecified atom stereocenters. The molecule has 0 aromatic heterocycles. The molecule has 0 aliphatic heterocycles. The first-order valence-corrected chi connectivity index (χ1v) is 6.59. The van der Waals surface area contributed by atoms with Crippen LogP contribution in [0.4, 0.5) is 18.9 Å². The predicted molar refractivity (Wildman–Crippen MR) is 76.7 cm³/mol. The number of amides is 1. The molecule has 0 heterocycles. The van der Waals surface area contributed by atoms with Crippen LogP contribution >= 0.6 is 0 Å². The Hall–Kier alpha value is -2.51. The second kappa shape index (κ2) is 7.66. The maximum absolute atomic E-state index is 12.0. The number of rotatable bonds is 5. The Bertz CT molecular complexity index is 590. The maximum Gasteiger partial charge on any atom is 0.573 e. The van der Waals surface area contributed by atoms with E-state index in [1.807, 2.05) is 0 Å². The molecule has 0 aliphatic rings. The second-order valence-electron chi connectivity index (χ2n) is 4.86. The number of carbonyl (C=O) groups is 2. The van der Waals surface area contributed by atoms with E-state index in [4.69, 9.17) is 4.74 Å². The SMILES string of the molecule is CC(C)=CC(=O)OC(C)C(=O)Nc1ccc(OC(F)(F)F)cc1. The summed E-state index contributed by atoms with van der Waals surface area (Å²) >= 11 is 0. The van der Waals surface area contributed by atoms with Crippen molar-refractivity contribution in [3.8, 4) is 5.75 Å². The fraction of sp³-hybridized carbons (Fsp3) is 0.333. The highest BCUT2D eigenvalue weighted by Gasteiger charge is 2.31. The molecule has 1 amide bonds. The summed E-state index contributed by atoms with van der Waals surface area (Å²) in [4.78, 5) is 23.2. The number of anilines is 1. The van der Waals surface area contributed by atoms with Crippen molar-refractivity contribution in [2.45, 2.75) is 33.2 Å². The molecule has 5 nitrogen and oxygen atoms in total. The third-order valence-electron chi connectivity index (χ3n) is 2.42. The van der Waals surface area contributed by atoms with Crippen LogP contribution in [0.2, 0.25) is 0 Å². The Labute approximate surface area is 131 Å². The lowest BCUT2D eigenvalue weighted by Crippen LogP contribution is -2.29. The summed E-state index contributed by atoms with van der Waals surface area (Å²) in [6, 6.07) is 4.60. The maximum atomic E-state index is 12.0. The summed E-state index contributed by atoms with van der Waals surface area (Å²) in [6.45, 7) is 4.79. The van der Waals surface area contributed by atoms with Crippen LogP contribution in [-0.2, 0) is 14.3 Å². The molecule has 1 aromatic carbocycles. The Morgan fingerprint density at radius 1 is 1.17 bits per heavy atom. The molecule has 8 heteroatoms. The average molecular weight is 331 g/mol. The van der Waals surface area contributed by atoms with Crippen molar-refractivity contribution in [1.82, 2.24) is 0 Å². The molecule has 0 spiro atoms. The first kappa shape index (κ1) is 18.5. The van der Waals surface area contributed by atoms with Gasteiger partial charge in [-0.1, -0.05) is 5.57 Å². The molecular weight excluding hydrogens is 315 g/mol. The minimum Gasteiger partial charge on any atom is -0.449 e. The molecule has 0 radical (unpaired) electrons. The Morgan fingerprint density at radius 3 is 2.22 bits per heavy atom. The highest BCUT2D eigenvalue weighted by Crippen LogP contribution is 2.24. The first-order chi connectivity index (χ1) is 10.6. The fourth-order valence-electron chi connectivity index (χ4n) is 1.48. The van der Waals surface area contributed by atoms with Gasteiger partial charge in [-0.2, -0.15) is 0 Å². The van der Waals surface area contributed by atoms with Crippen LogP contribution in [-0.4, -0.2) is 24.3 Å². The summed E-state index contributed by atoms with van der Waals surface area (Å²) in [5.74, 6) is -1.66. The predicted octanol–water partition coefficient (Wildman–Crippen LogP) is 3.42. The quantitative estimate of drug-likeness (QED) is 0.663. The van der Waals surface area contributed by atoms with E-state index in [0.717, 1.165) is 17.7 Å². The van der Waals surface area contributed by atoms with Gasteiger partial charge in [0.05, 0.1) is 0 Å². The zero-order valence-corrected chi connectivity index (χ0v) is 12.7. The van der Waals surface area contributed by atoms with Gasteiger partial charge < -0.3 is 14.8 Å². The molecule has 23 heavy (non-hydrogen) atoms. The molecule has 0 saturated heterocycles. The van der Waals surface area contributed by atoms with Crippen LogP contribution in [0.5, 0.6) is 5.75 Å². The lowest BCUT2D eigenvalue weighted by molar-refractivity contribution is -0.274. The van der Waals surface area contributed by atoms with Crippen molar-refractivity contribution in [2.24, 2.45) is 0 Å². The third kappa shape index (κ3) is 7.35. The number of hydrogen-bond donors (Lipinski definition) is 1. The van der Waals surface area contributed by atoms with Crippen molar-refractivity contribution in [2.75, 3.05) is 5.32 Å². The Kier molecular flexibility index (Phi) is 6.18. The van der Waals surface area contributed by atoms with Crippen LogP contribution in [0, 0.1) is 0 Å². The van der Waals surface area contributed by atoms with E-state index >= 15 is 0 Å². The van der Waals surface area contributed by atoms with Crippen LogP contribution < -0.4 is 10.1 Å². The van der Waals surface area contributed by atoms with E-state index in [1.54, 1.807) is 13.8 Å². The molecule has 1 aromatic rings. The largest absolute Gasteiger partial charge is 0.573 e. The van der Waals surface area contributed by atoms with E-state index in [2.05, 4.69) is 10.1 Å². The van der Waals surface area contributed by atoms with Crippen LogP contribution in [0.1, 0.15) is 20.8 Å². The van der Waals surface area contributed by atoms with E-state index < -0.39 is 30.1 Å². The molecule has 0 aliphatic carbocycles. The van der Waals surface area contributed by atoms with E-state index in [-0.39, 0.29) is 5.69 Å². The van der Waals surface area contributed by atoms with Gasteiger partial charge in [-0.15, -0.1) is 13.2 Å². The minimum absolute atomic E-state index is 0.245. The standard InChI is InChI=1S/C15H16F3NO4/c1-9(2)8-13(20)22-10(3)14(21)19-11-4-6-12(7-5-11)23-15(16,17)18/h4-8,10H,1-3H3,(H,19,21). The smallest absolute Gasteiger partial charge is 0.449 e. The second-order valence-corrected chi connectivity index (χ2v) is 4.86. The Morgan fingerprint density at radius 2 is 1.74 bits per heavy atom. The molecule has 1 atom stereocenters. The number of nitrogens with one attached hydrogen (secondary N) is 1. The van der Waals surface area contributed by atoms with Gasteiger partial charge in [0.2, 0.25) is 0 Å². The average Bonchev–Trinajstić information content (AvgIpc) is 2.38. The summed E-state index contributed by atoms with van der Waals surface area (Å²) in [5.41, 5.74) is 0.970. The van der Waals surface area contributed by atoms with E-state index in [9.17, 15) is 22.8 Å². The van der Waals surface area contributed by atoms with Crippen LogP contribution in [0.15, 0.2) is 35.9 Å². The molecule has 1 N–H and O–H groups in total. The highest BCUT2D eigenvalue weighted by molar-refractivity contribution is 5.96. The van der Waals surface area contributed by atoms with Gasteiger partial charge in [0.25, 0.3) is 5.91 Å². The number of ether oxygens (including phenoxy) is 2. The molecular formula is C15H16F3NO4. The lowest BCUT2D eigenvalue weighted by Gasteiger charge is -2.13. The van der Waals surface area contributed by atoms with Crippen LogP contribution in [0.25, 0.3) is 0 Å². The molecule has 0 fully saturated rings. The van der Waals surface area contributed by atoms with Gasteiger partial charge in [-0.3, -0.25) is 4.79 Å². The first-order valence-electron chi connectivity index (χ1n) is 6.59. The Balaban J connectivity index is 2.60. The molecule has 126 valence electrons. The fourth-order valence-corrected chi connectivity index (χ4v) is 1.48. The van der Waals surface area contributed by atoms with Gasteiger partial charge in [-0.05, 0) is 45.0 Å². The summed E-state index contributed by atoms with van der Waals surface area (Å²) in [5, 5.41) is 2.42. The van der Waals surface area contributed by atoms with Crippen molar-refractivity contribution >= 4 is 17.6 Å². The number of hydrogen-bond acceptors (Lipinski definition) is 4. The molecule has 0 saturated carbocycles. The van der Waals surface area contributed by atoms with Gasteiger partial charge in [0, 0.05) is 11.8 Å². The summed E-state index contributed by atoms with van der Waals surface area (Å²) in [7, 11) is 0. The van der Waals surface area contributed by atoms with Crippen molar-refractivity contribution < 1.29 is 32.2 Å². The zero-order chi connectivity index (χ0) is 17.6. The topological polar surface area (TPSA) is 64.6 Å². The third-order valence-corrected chi connectivity index (χ3v) is 2.42. The number of allylic oxidation sites excluding steroid dienone is 1. The van der Waals surface area contributed by atoms with Gasteiger partial charge in [0.15, 0.2) is 6.10 Å². The van der Waals surface area contributed by atoms with Crippen LogP contribution in [0.3, 0.4) is 0 Å². The van der Waals surface area contributed by atoms with Crippen molar-refractivity contribution in [1.29, 1.82) is 0 Å². The highest BCUT2D eigenvalue weighted by atomic mass is 19.4. The minimum atomic E-state index is -4.78. The number of halogens is 3. The molecule has 0 bridgehead atoms. The normalized spacial score (nSPS) is 12.1. The zero-order valence-electron chi connectivity index (χ0n) is 12.7. The summed E-state index contributed by atoms with van der Waals surface area (Å²) in [6.07, 6.45) is -4.59. The lowest BCUT2D eigenvalue weighted by atomic mass is 10.3. The van der Waals surface area contributed by atoms with E-state index in [0.29, 0.717) is 0 Å². The summed E-state index contributed by atoms with van der Waals surface area (Å²) < 4.78 is 44.7. The van der Waals surface area contributed by atoms with Crippen molar-refractivity contribution in [3.63, 3.8) is 0 Å². The number of alkyl halides is 3. The van der Waals surface area contributed by atoms with Gasteiger partial charge in [-0.25, -0.2) is 4.79 Å². The van der Waals surface area contributed by atoms with Gasteiger partial charge >= 0.3 is 12.3 Å².